The second-order valence-electron chi connectivity index (χ2n) is 6.97. The second kappa shape index (κ2) is 5.03. The maximum atomic E-state index is 14.5. The van der Waals surface area contributed by atoms with E-state index in [0.717, 1.165) is 26.2 Å². The van der Waals surface area contributed by atoms with Crippen LogP contribution in [0.5, 0.6) is 0 Å². The highest BCUT2D eigenvalue weighted by atomic mass is 19.1. The van der Waals surface area contributed by atoms with Gasteiger partial charge in [0.25, 0.3) is 0 Å². The van der Waals surface area contributed by atoms with E-state index in [1.54, 1.807) is 0 Å². The SMILES string of the molecule is C=C1CCC(c2c(F)cc(N3CC4(CNC4)C3)cc2F)C(=O)N1. The zero-order valence-corrected chi connectivity index (χ0v) is 12.8. The number of carbonyl (C=O) groups is 1. The maximum absolute atomic E-state index is 14.5. The Balaban J connectivity index is 1.57. The largest absolute Gasteiger partial charge is 0.370 e. The number of piperidine rings is 1. The van der Waals surface area contributed by atoms with Gasteiger partial charge in [0.2, 0.25) is 5.91 Å². The van der Waals surface area contributed by atoms with Crippen LogP contribution in [0, 0.1) is 17.0 Å². The molecule has 1 amide bonds. The first-order valence-corrected chi connectivity index (χ1v) is 7.91. The van der Waals surface area contributed by atoms with E-state index in [9.17, 15) is 13.6 Å². The van der Waals surface area contributed by atoms with Gasteiger partial charge in [-0.3, -0.25) is 4.79 Å². The Bertz CT molecular complexity index is 668. The monoisotopic (exact) mass is 319 g/mol. The van der Waals surface area contributed by atoms with Crippen molar-refractivity contribution in [3.05, 3.63) is 41.6 Å². The summed E-state index contributed by atoms with van der Waals surface area (Å²) in [6.07, 6.45) is 0.926. The molecule has 1 aromatic carbocycles. The van der Waals surface area contributed by atoms with Crippen molar-refractivity contribution < 1.29 is 13.6 Å². The van der Waals surface area contributed by atoms with E-state index < -0.39 is 17.6 Å². The standard InChI is InChI=1S/C17H19F2N3O/c1-10-2-3-12(16(23)21-10)15-13(18)4-11(5-14(15)19)22-8-17(9-22)6-20-7-17/h4-5,12,20H,1-3,6-9H2,(H,21,23). The molecule has 3 saturated heterocycles. The van der Waals surface area contributed by atoms with Gasteiger partial charge in [-0.05, 0) is 25.0 Å². The van der Waals surface area contributed by atoms with Crippen LogP contribution in [0.3, 0.4) is 0 Å². The van der Waals surface area contributed by atoms with E-state index in [1.165, 1.54) is 12.1 Å². The van der Waals surface area contributed by atoms with E-state index in [4.69, 9.17) is 0 Å². The molecule has 1 aromatic rings. The molecule has 3 fully saturated rings. The van der Waals surface area contributed by atoms with Crippen LogP contribution in [0.25, 0.3) is 0 Å². The van der Waals surface area contributed by atoms with Crippen molar-refractivity contribution in [3.63, 3.8) is 0 Å². The van der Waals surface area contributed by atoms with Crippen LogP contribution >= 0.6 is 0 Å². The van der Waals surface area contributed by atoms with Crippen molar-refractivity contribution in [1.82, 2.24) is 10.6 Å². The predicted molar refractivity (Wildman–Crippen MR) is 83.1 cm³/mol. The topological polar surface area (TPSA) is 44.4 Å². The Labute approximate surface area is 133 Å². The molecule has 1 unspecified atom stereocenters. The van der Waals surface area contributed by atoms with Gasteiger partial charge >= 0.3 is 0 Å². The number of hydrogen-bond acceptors (Lipinski definition) is 3. The summed E-state index contributed by atoms with van der Waals surface area (Å²) in [7, 11) is 0. The van der Waals surface area contributed by atoms with E-state index in [-0.39, 0.29) is 16.9 Å². The Morgan fingerprint density at radius 1 is 1.22 bits per heavy atom. The number of allylic oxidation sites excluding steroid dienone is 1. The summed E-state index contributed by atoms with van der Waals surface area (Å²) < 4.78 is 29.0. The first-order valence-electron chi connectivity index (χ1n) is 7.91. The molecular formula is C17H19F2N3O. The Kier molecular flexibility index (Phi) is 3.20. The summed E-state index contributed by atoms with van der Waals surface area (Å²) in [5, 5.41) is 5.82. The van der Waals surface area contributed by atoms with Crippen molar-refractivity contribution in [1.29, 1.82) is 0 Å². The zero-order valence-electron chi connectivity index (χ0n) is 12.8. The zero-order chi connectivity index (χ0) is 16.2. The van der Waals surface area contributed by atoms with E-state index >= 15 is 0 Å². The summed E-state index contributed by atoms with van der Waals surface area (Å²) >= 11 is 0. The molecule has 0 aliphatic carbocycles. The lowest BCUT2D eigenvalue weighted by Crippen LogP contribution is -2.71. The van der Waals surface area contributed by atoms with Gasteiger partial charge in [0.05, 0.1) is 5.92 Å². The number of benzene rings is 1. The van der Waals surface area contributed by atoms with Crippen molar-refractivity contribution >= 4 is 11.6 Å². The van der Waals surface area contributed by atoms with Crippen LogP contribution in [-0.2, 0) is 4.79 Å². The van der Waals surface area contributed by atoms with Crippen molar-refractivity contribution in [2.45, 2.75) is 18.8 Å². The molecule has 1 spiro atoms. The van der Waals surface area contributed by atoms with Crippen molar-refractivity contribution in [2.75, 3.05) is 31.1 Å². The Morgan fingerprint density at radius 2 is 1.87 bits per heavy atom. The van der Waals surface area contributed by atoms with E-state index in [2.05, 4.69) is 17.2 Å². The quantitative estimate of drug-likeness (QED) is 0.875. The Hall–Kier alpha value is -1.95. The molecule has 4 rings (SSSR count). The number of rotatable bonds is 2. The molecular weight excluding hydrogens is 300 g/mol. The van der Waals surface area contributed by atoms with E-state index in [1.807, 2.05) is 4.90 Å². The lowest BCUT2D eigenvalue weighted by molar-refractivity contribution is -0.123. The molecule has 2 N–H and O–H groups in total. The molecule has 6 heteroatoms. The van der Waals surface area contributed by atoms with E-state index in [0.29, 0.717) is 24.2 Å². The fraction of sp³-hybridized carbons (Fsp3) is 0.471. The first kappa shape index (κ1) is 14.6. The summed E-state index contributed by atoms with van der Waals surface area (Å²) in [4.78, 5) is 14.0. The molecule has 3 heterocycles. The molecule has 0 bridgehead atoms. The molecule has 0 aromatic heterocycles. The van der Waals surface area contributed by atoms with Crippen LogP contribution < -0.4 is 15.5 Å². The van der Waals surface area contributed by atoms with Crippen LogP contribution in [0.1, 0.15) is 24.3 Å². The van der Waals surface area contributed by atoms with Gasteiger partial charge < -0.3 is 15.5 Å². The lowest BCUT2D eigenvalue weighted by atomic mass is 9.74. The maximum Gasteiger partial charge on any atom is 0.231 e. The number of anilines is 1. The Morgan fingerprint density at radius 3 is 2.39 bits per heavy atom. The van der Waals surface area contributed by atoms with Gasteiger partial charge in [0.1, 0.15) is 11.6 Å². The highest BCUT2D eigenvalue weighted by molar-refractivity contribution is 5.86. The minimum atomic E-state index is -0.784. The van der Waals surface area contributed by atoms with Gasteiger partial charge in [-0.1, -0.05) is 6.58 Å². The molecule has 0 saturated carbocycles. The number of amides is 1. The van der Waals surface area contributed by atoms with Gasteiger partial charge in [-0.25, -0.2) is 8.78 Å². The van der Waals surface area contributed by atoms with Crippen molar-refractivity contribution in [3.8, 4) is 0 Å². The summed E-state index contributed by atoms with van der Waals surface area (Å²) in [5.74, 6) is -2.44. The third-order valence-electron chi connectivity index (χ3n) is 5.18. The minimum absolute atomic E-state index is 0.126. The van der Waals surface area contributed by atoms with Gasteiger partial charge in [-0.2, -0.15) is 0 Å². The second-order valence-corrected chi connectivity index (χ2v) is 6.97. The smallest absolute Gasteiger partial charge is 0.231 e. The first-order chi connectivity index (χ1) is 11.0. The van der Waals surface area contributed by atoms with Crippen LogP contribution in [0.2, 0.25) is 0 Å². The summed E-state index contributed by atoms with van der Waals surface area (Å²) in [6, 6.07) is 2.71. The van der Waals surface area contributed by atoms with Crippen LogP contribution in [-0.4, -0.2) is 32.1 Å². The number of carbonyl (C=O) groups excluding carboxylic acids is 1. The molecule has 3 aliphatic heterocycles. The number of nitrogens with one attached hydrogen (secondary N) is 2. The lowest BCUT2D eigenvalue weighted by Gasteiger charge is -2.57. The molecule has 3 aliphatic rings. The van der Waals surface area contributed by atoms with Gasteiger partial charge in [0, 0.05) is 48.5 Å². The highest BCUT2D eigenvalue weighted by Gasteiger charge is 2.47. The highest BCUT2D eigenvalue weighted by Crippen LogP contribution is 2.39. The van der Waals surface area contributed by atoms with Gasteiger partial charge in [-0.15, -0.1) is 0 Å². The van der Waals surface area contributed by atoms with Crippen molar-refractivity contribution in [2.24, 2.45) is 5.41 Å². The van der Waals surface area contributed by atoms with Crippen LogP contribution in [0.15, 0.2) is 24.4 Å². The number of halogens is 2. The molecule has 4 nitrogen and oxygen atoms in total. The molecule has 1 atom stereocenters. The molecule has 23 heavy (non-hydrogen) atoms. The summed E-state index contributed by atoms with van der Waals surface area (Å²) in [6.45, 7) is 7.27. The molecule has 122 valence electrons. The average Bonchev–Trinajstić information content (AvgIpc) is 2.37. The third kappa shape index (κ3) is 2.32. The number of hydrogen-bond donors (Lipinski definition) is 2. The third-order valence-corrected chi connectivity index (χ3v) is 5.18. The molecule has 0 radical (unpaired) electrons. The fourth-order valence-corrected chi connectivity index (χ4v) is 3.78. The minimum Gasteiger partial charge on any atom is -0.370 e. The normalized spacial score (nSPS) is 25.8. The average molecular weight is 319 g/mol. The summed E-state index contributed by atoms with van der Waals surface area (Å²) in [5.41, 5.74) is 1.32. The predicted octanol–water partition coefficient (Wildman–Crippen LogP) is 1.88. The number of nitrogens with zero attached hydrogens (tertiary/aromatic N) is 1. The van der Waals surface area contributed by atoms with Gasteiger partial charge in [0.15, 0.2) is 0 Å². The fourth-order valence-electron chi connectivity index (χ4n) is 3.78. The van der Waals surface area contributed by atoms with Crippen LogP contribution in [0.4, 0.5) is 14.5 Å².